The van der Waals surface area contributed by atoms with Crippen LogP contribution in [0.5, 0.6) is 0 Å². The molecule has 2 aromatic heterocycles. The number of hydrogen-bond donors (Lipinski definition) is 3. The third-order valence-corrected chi connectivity index (χ3v) is 1.79. The molecule has 0 unspecified atom stereocenters. The first kappa shape index (κ1) is 8.64. The van der Waals surface area contributed by atoms with Gasteiger partial charge < -0.3 is 11.1 Å². The second kappa shape index (κ2) is 3.84. The van der Waals surface area contributed by atoms with Crippen molar-refractivity contribution in [3.63, 3.8) is 0 Å². The molecule has 4 N–H and O–H groups in total. The van der Waals surface area contributed by atoms with E-state index in [9.17, 15) is 0 Å². The molecule has 72 valence electrons. The molecule has 0 radical (unpaired) electrons. The molecule has 0 saturated carbocycles. The van der Waals surface area contributed by atoms with Gasteiger partial charge in [0.1, 0.15) is 0 Å². The highest BCUT2D eigenvalue weighted by atomic mass is 15.2. The Bertz CT molecular complexity index is 396. The molecule has 0 aliphatic heterocycles. The van der Waals surface area contributed by atoms with Gasteiger partial charge >= 0.3 is 0 Å². The fourth-order valence-electron chi connectivity index (χ4n) is 1.08. The molecule has 0 saturated heterocycles. The van der Waals surface area contributed by atoms with Crippen LogP contribution < -0.4 is 11.1 Å². The van der Waals surface area contributed by atoms with E-state index in [4.69, 9.17) is 5.73 Å². The van der Waals surface area contributed by atoms with Crippen LogP contribution in [-0.2, 0) is 6.54 Å². The lowest BCUT2D eigenvalue weighted by Crippen LogP contribution is -2.04. The van der Waals surface area contributed by atoms with Crippen molar-refractivity contribution in [1.82, 2.24) is 20.4 Å². The molecule has 14 heavy (non-hydrogen) atoms. The number of nitrogens with zero attached hydrogens (tertiary/aromatic N) is 3. The number of hydrogen-bond acceptors (Lipinski definition) is 5. The molecule has 0 aliphatic carbocycles. The van der Waals surface area contributed by atoms with Gasteiger partial charge in [-0.25, -0.2) is 0 Å². The molecule has 6 heteroatoms. The fourth-order valence-corrected chi connectivity index (χ4v) is 1.08. The van der Waals surface area contributed by atoms with Gasteiger partial charge in [0.15, 0.2) is 5.82 Å². The summed E-state index contributed by atoms with van der Waals surface area (Å²) in [4.78, 5) is 0. The van der Waals surface area contributed by atoms with Crippen molar-refractivity contribution in [2.24, 2.45) is 5.73 Å². The summed E-state index contributed by atoms with van der Waals surface area (Å²) < 4.78 is 0. The number of anilines is 2. The summed E-state index contributed by atoms with van der Waals surface area (Å²) in [5.41, 5.74) is 7.30. The number of rotatable bonds is 3. The Balaban J connectivity index is 2.24. The van der Waals surface area contributed by atoms with Crippen molar-refractivity contribution in [2.75, 3.05) is 5.32 Å². The molecule has 6 nitrogen and oxygen atoms in total. The van der Waals surface area contributed by atoms with E-state index in [1.54, 1.807) is 18.6 Å². The molecule has 2 rings (SSSR count). The maximum absolute atomic E-state index is 5.55. The van der Waals surface area contributed by atoms with Crippen molar-refractivity contribution >= 4 is 11.5 Å². The van der Waals surface area contributed by atoms with Gasteiger partial charge in [-0.15, -0.1) is 5.10 Å². The Morgan fingerprint density at radius 1 is 1.50 bits per heavy atom. The van der Waals surface area contributed by atoms with Crippen LogP contribution in [0, 0.1) is 0 Å². The second-order valence-corrected chi connectivity index (χ2v) is 2.72. The third-order valence-electron chi connectivity index (χ3n) is 1.79. The van der Waals surface area contributed by atoms with Gasteiger partial charge in [0.05, 0.1) is 18.1 Å². The minimum Gasteiger partial charge on any atom is -0.336 e. The average molecular weight is 190 g/mol. The highest BCUT2D eigenvalue weighted by Gasteiger charge is 2.02. The molecule has 0 bridgehead atoms. The quantitative estimate of drug-likeness (QED) is 0.651. The Hall–Kier alpha value is -1.95. The lowest BCUT2D eigenvalue weighted by Gasteiger charge is -2.05. The molecule has 2 aromatic rings. The number of nitrogens with one attached hydrogen (secondary N) is 2. The highest BCUT2D eigenvalue weighted by Crippen LogP contribution is 2.15. The molecule has 0 fully saturated rings. The van der Waals surface area contributed by atoms with Crippen LogP contribution >= 0.6 is 0 Å². The molecule has 2 heterocycles. The molecule has 0 aromatic carbocycles. The number of aromatic amines is 1. The Morgan fingerprint density at radius 3 is 3.14 bits per heavy atom. The lowest BCUT2D eigenvalue weighted by atomic mass is 10.3. The van der Waals surface area contributed by atoms with E-state index >= 15 is 0 Å². The van der Waals surface area contributed by atoms with Crippen LogP contribution in [0.25, 0.3) is 0 Å². The Kier molecular flexibility index (Phi) is 2.37. The second-order valence-electron chi connectivity index (χ2n) is 2.72. The molecular formula is C8H10N6. The SMILES string of the molecule is NCc1ccnnc1Nc1cn[nH]c1. The molecule has 0 spiro atoms. The Labute approximate surface area is 80.5 Å². The topological polar surface area (TPSA) is 92.5 Å². The van der Waals surface area contributed by atoms with Crippen LogP contribution in [0.15, 0.2) is 24.7 Å². The zero-order chi connectivity index (χ0) is 9.80. The third kappa shape index (κ3) is 1.69. The number of nitrogens with two attached hydrogens (primary N) is 1. The van der Waals surface area contributed by atoms with Crippen molar-refractivity contribution in [2.45, 2.75) is 6.54 Å². The summed E-state index contributed by atoms with van der Waals surface area (Å²) in [5, 5.41) is 17.3. The zero-order valence-corrected chi connectivity index (χ0v) is 7.44. The van der Waals surface area contributed by atoms with Gasteiger partial charge in [0, 0.05) is 18.3 Å². The normalized spacial score (nSPS) is 10.1. The van der Waals surface area contributed by atoms with Crippen molar-refractivity contribution in [1.29, 1.82) is 0 Å². The lowest BCUT2D eigenvalue weighted by molar-refractivity contribution is 0.973. The zero-order valence-electron chi connectivity index (χ0n) is 7.44. The van der Waals surface area contributed by atoms with E-state index in [-0.39, 0.29) is 0 Å². The summed E-state index contributed by atoms with van der Waals surface area (Å²) in [6, 6.07) is 1.83. The first-order valence-electron chi connectivity index (χ1n) is 4.16. The summed E-state index contributed by atoms with van der Waals surface area (Å²) in [7, 11) is 0. The predicted molar refractivity (Wildman–Crippen MR) is 51.8 cm³/mol. The van der Waals surface area contributed by atoms with Gasteiger partial charge in [-0.2, -0.15) is 10.2 Å². The van der Waals surface area contributed by atoms with Crippen LogP contribution in [-0.4, -0.2) is 20.4 Å². The molecule has 0 atom stereocenters. The molecular weight excluding hydrogens is 180 g/mol. The van der Waals surface area contributed by atoms with Crippen molar-refractivity contribution < 1.29 is 0 Å². The predicted octanol–water partition coefficient (Wildman–Crippen LogP) is 0.402. The average Bonchev–Trinajstić information content (AvgIpc) is 2.71. The minimum absolute atomic E-state index is 0.426. The van der Waals surface area contributed by atoms with Gasteiger partial charge in [0.2, 0.25) is 0 Å². The van der Waals surface area contributed by atoms with Gasteiger partial charge in [-0.05, 0) is 6.07 Å². The van der Waals surface area contributed by atoms with Crippen LogP contribution in [0.3, 0.4) is 0 Å². The minimum atomic E-state index is 0.426. The largest absolute Gasteiger partial charge is 0.336 e. The first-order valence-corrected chi connectivity index (χ1v) is 4.16. The number of aromatic nitrogens is 4. The van der Waals surface area contributed by atoms with Gasteiger partial charge in [-0.1, -0.05) is 0 Å². The van der Waals surface area contributed by atoms with E-state index in [2.05, 4.69) is 25.7 Å². The highest BCUT2D eigenvalue weighted by molar-refractivity contribution is 5.56. The van der Waals surface area contributed by atoms with Crippen molar-refractivity contribution in [3.05, 3.63) is 30.2 Å². The maximum Gasteiger partial charge on any atom is 0.157 e. The van der Waals surface area contributed by atoms with E-state index in [1.807, 2.05) is 6.07 Å². The fraction of sp³-hybridized carbons (Fsp3) is 0.125. The van der Waals surface area contributed by atoms with E-state index in [0.29, 0.717) is 12.4 Å². The summed E-state index contributed by atoms with van der Waals surface area (Å²) in [6.07, 6.45) is 5.01. The first-order chi connectivity index (χ1) is 6.90. The van der Waals surface area contributed by atoms with Crippen molar-refractivity contribution in [3.8, 4) is 0 Å². The standard InChI is InChI=1S/C8H10N6/c9-3-6-1-2-10-14-8(6)13-7-4-11-12-5-7/h1-2,4-5H,3,9H2,(H,11,12)(H,13,14). The van der Waals surface area contributed by atoms with E-state index in [0.717, 1.165) is 11.3 Å². The smallest absolute Gasteiger partial charge is 0.157 e. The summed E-state index contributed by atoms with van der Waals surface area (Å²) in [6.45, 7) is 0.426. The summed E-state index contributed by atoms with van der Waals surface area (Å²) in [5.74, 6) is 0.663. The molecule has 0 aliphatic rings. The molecule has 0 amide bonds. The van der Waals surface area contributed by atoms with Crippen LogP contribution in [0.2, 0.25) is 0 Å². The van der Waals surface area contributed by atoms with E-state index in [1.165, 1.54) is 0 Å². The van der Waals surface area contributed by atoms with Crippen LogP contribution in [0.1, 0.15) is 5.56 Å². The van der Waals surface area contributed by atoms with E-state index < -0.39 is 0 Å². The summed E-state index contributed by atoms with van der Waals surface area (Å²) >= 11 is 0. The van der Waals surface area contributed by atoms with Crippen LogP contribution in [0.4, 0.5) is 11.5 Å². The van der Waals surface area contributed by atoms with Gasteiger partial charge in [0.25, 0.3) is 0 Å². The monoisotopic (exact) mass is 190 g/mol. The number of H-pyrrole nitrogens is 1. The maximum atomic E-state index is 5.55. The Morgan fingerprint density at radius 2 is 2.43 bits per heavy atom. The van der Waals surface area contributed by atoms with Gasteiger partial charge in [-0.3, -0.25) is 5.10 Å².